The lowest BCUT2D eigenvalue weighted by Gasteiger charge is -2.12. The summed E-state index contributed by atoms with van der Waals surface area (Å²) in [6.45, 7) is 4.74. The Morgan fingerprint density at radius 3 is 2.47 bits per heavy atom. The minimum Gasteiger partial charge on any atom is -0.478 e. The van der Waals surface area contributed by atoms with Crippen LogP contribution in [0, 0.1) is 0 Å². The fourth-order valence-corrected chi connectivity index (χ4v) is 1.29. The summed E-state index contributed by atoms with van der Waals surface area (Å²) in [7, 11) is 0. The Bertz CT molecular complexity index is 316. The Kier molecular flexibility index (Phi) is 4.31. The average molecular weight is 208 g/mol. The lowest BCUT2D eigenvalue weighted by Crippen LogP contribution is -2.02. The molecule has 0 aliphatic rings. The van der Waals surface area contributed by atoms with Crippen LogP contribution in [0.3, 0.4) is 0 Å². The number of rotatable bonds is 5. The van der Waals surface area contributed by atoms with Crippen LogP contribution in [0.5, 0.6) is 0 Å². The molecule has 1 rings (SSSR count). The van der Waals surface area contributed by atoms with Crippen LogP contribution in [0.4, 0.5) is 0 Å². The van der Waals surface area contributed by atoms with E-state index in [1.165, 1.54) is 0 Å². The molecule has 0 radical (unpaired) electrons. The molecule has 3 heteroatoms. The van der Waals surface area contributed by atoms with Crippen LogP contribution >= 0.6 is 0 Å². The molecule has 15 heavy (non-hydrogen) atoms. The first-order valence-electron chi connectivity index (χ1n) is 5.10. The standard InChI is InChI=1S/C12H16O3/c1-3-8-15-9(2)10-4-6-11(7-5-10)12(13)14/h4-7,9H,3,8H2,1-2H3,(H,13,14). The van der Waals surface area contributed by atoms with Crippen molar-refractivity contribution in [2.75, 3.05) is 6.61 Å². The maximum Gasteiger partial charge on any atom is 0.335 e. The summed E-state index contributed by atoms with van der Waals surface area (Å²) in [4.78, 5) is 10.6. The summed E-state index contributed by atoms with van der Waals surface area (Å²) in [6.07, 6.45) is 1.00. The van der Waals surface area contributed by atoms with Crippen molar-refractivity contribution in [2.45, 2.75) is 26.4 Å². The summed E-state index contributed by atoms with van der Waals surface area (Å²) in [6, 6.07) is 6.79. The SMILES string of the molecule is CCCOC(C)c1ccc(C(=O)O)cc1. The first kappa shape index (κ1) is 11.7. The van der Waals surface area contributed by atoms with E-state index in [-0.39, 0.29) is 6.10 Å². The third-order valence-electron chi connectivity index (χ3n) is 2.20. The molecule has 0 amide bonds. The molecule has 1 aromatic carbocycles. The van der Waals surface area contributed by atoms with Crippen LogP contribution in [0.2, 0.25) is 0 Å². The van der Waals surface area contributed by atoms with Gasteiger partial charge in [-0.15, -0.1) is 0 Å². The Morgan fingerprint density at radius 2 is 2.00 bits per heavy atom. The molecule has 0 bridgehead atoms. The van der Waals surface area contributed by atoms with Crippen molar-refractivity contribution in [1.29, 1.82) is 0 Å². The van der Waals surface area contributed by atoms with Gasteiger partial charge in [0.2, 0.25) is 0 Å². The number of carboxylic acid groups (broad SMARTS) is 1. The molecule has 82 valence electrons. The molecule has 0 saturated heterocycles. The summed E-state index contributed by atoms with van der Waals surface area (Å²) in [5.74, 6) is -0.899. The van der Waals surface area contributed by atoms with E-state index >= 15 is 0 Å². The van der Waals surface area contributed by atoms with Crippen LogP contribution in [0.15, 0.2) is 24.3 Å². The number of benzene rings is 1. The van der Waals surface area contributed by atoms with Crippen LogP contribution < -0.4 is 0 Å². The van der Waals surface area contributed by atoms with Crippen LogP contribution in [-0.4, -0.2) is 17.7 Å². The molecule has 1 aromatic rings. The zero-order valence-corrected chi connectivity index (χ0v) is 9.06. The van der Waals surface area contributed by atoms with Crippen molar-refractivity contribution in [3.63, 3.8) is 0 Å². The van der Waals surface area contributed by atoms with E-state index in [1.54, 1.807) is 24.3 Å². The number of aromatic carboxylic acids is 1. The largest absolute Gasteiger partial charge is 0.478 e. The van der Waals surface area contributed by atoms with Gasteiger partial charge in [0.1, 0.15) is 0 Å². The normalized spacial score (nSPS) is 12.4. The first-order chi connectivity index (χ1) is 7.15. The Hall–Kier alpha value is -1.35. The molecule has 1 unspecified atom stereocenters. The lowest BCUT2D eigenvalue weighted by atomic mass is 10.1. The second kappa shape index (κ2) is 5.51. The van der Waals surface area contributed by atoms with E-state index in [1.807, 2.05) is 6.92 Å². The number of ether oxygens (including phenoxy) is 1. The van der Waals surface area contributed by atoms with Gasteiger partial charge in [-0.1, -0.05) is 19.1 Å². The molecule has 0 aromatic heterocycles. The van der Waals surface area contributed by atoms with Crippen molar-refractivity contribution < 1.29 is 14.6 Å². The van der Waals surface area contributed by atoms with Gasteiger partial charge in [0.15, 0.2) is 0 Å². The van der Waals surface area contributed by atoms with Crippen molar-refractivity contribution in [3.05, 3.63) is 35.4 Å². The Morgan fingerprint density at radius 1 is 1.40 bits per heavy atom. The Balaban J connectivity index is 2.66. The molecule has 0 saturated carbocycles. The zero-order valence-electron chi connectivity index (χ0n) is 9.06. The van der Waals surface area contributed by atoms with Crippen LogP contribution in [0.1, 0.15) is 42.3 Å². The maximum atomic E-state index is 10.6. The lowest BCUT2D eigenvalue weighted by molar-refractivity contribution is 0.0658. The number of carboxylic acids is 1. The monoisotopic (exact) mass is 208 g/mol. The first-order valence-corrected chi connectivity index (χ1v) is 5.10. The minimum absolute atomic E-state index is 0.0211. The van der Waals surface area contributed by atoms with Gasteiger partial charge in [0, 0.05) is 6.61 Å². The van der Waals surface area contributed by atoms with Crippen molar-refractivity contribution in [3.8, 4) is 0 Å². The topological polar surface area (TPSA) is 46.5 Å². The summed E-state index contributed by atoms with van der Waals surface area (Å²) >= 11 is 0. The highest BCUT2D eigenvalue weighted by atomic mass is 16.5. The van der Waals surface area contributed by atoms with Crippen molar-refractivity contribution in [2.24, 2.45) is 0 Å². The van der Waals surface area contributed by atoms with E-state index < -0.39 is 5.97 Å². The highest BCUT2D eigenvalue weighted by Gasteiger charge is 2.07. The second-order valence-corrected chi connectivity index (χ2v) is 3.44. The molecule has 0 aliphatic carbocycles. The third-order valence-corrected chi connectivity index (χ3v) is 2.20. The van der Waals surface area contributed by atoms with Gasteiger partial charge in [0.05, 0.1) is 11.7 Å². The van der Waals surface area contributed by atoms with Gasteiger partial charge in [-0.3, -0.25) is 0 Å². The number of hydrogen-bond donors (Lipinski definition) is 1. The predicted molar refractivity (Wildman–Crippen MR) is 58.1 cm³/mol. The molecular weight excluding hydrogens is 192 g/mol. The third kappa shape index (κ3) is 3.36. The highest BCUT2D eigenvalue weighted by molar-refractivity contribution is 5.87. The van der Waals surface area contributed by atoms with Crippen molar-refractivity contribution in [1.82, 2.24) is 0 Å². The molecule has 0 aliphatic heterocycles. The second-order valence-electron chi connectivity index (χ2n) is 3.44. The molecule has 0 heterocycles. The van der Waals surface area contributed by atoms with Gasteiger partial charge in [-0.05, 0) is 31.0 Å². The van der Waals surface area contributed by atoms with Crippen LogP contribution in [-0.2, 0) is 4.74 Å². The quantitative estimate of drug-likeness (QED) is 0.809. The maximum absolute atomic E-state index is 10.6. The highest BCUT2D eigenvalue weighted by Crippen LogP contribution is 2.17. The van der Waals surface area contributed by atoms with Crippen molar-refractivity contribution >= 4 is 5.97 Å². The number of hydrogen-bond acceptors (Lipinski definition) is 2. The van der Waals surface area contributed by atoms with E-state index in [4.69, 9.17) is 9.84 Å². The van der Waals surface area contributed by atoms with Gasteiger partial charge in [-0.2, -0.15) is 0 Å². The van der Waals surface area contributed by atoms with Gasteiger partial charge < -0.3 is 9.84 Å². The molecule has 0 fully saturated rings. The molecule has 1 N–H and O–H groups in total. The average Bonchev–Trinajstić information content (AvgIpc) is 2.26. The van der Waals surface area contributed by atoms with Gasteiger partial charge in [0.25, 0.3) is 0 Å². The van der Waals surface area contributed by atoms with Gasteiger partial charge >= 0.3 is 5.97 Å². The predicted octanol–water partition coefficient (Wildman–Crippen LogP) is 2.87. The smallest absolute Gasteiger partial charge is 0.335 e. The molecular formula is C12H16O3. The minimum atomic E-state index is -0.899. The summed E-state index contributed by atoms with van der Waals surface area (Å²) in [5, 5.41) is 8.72. The summed E-state index contributed by atoms with van der Waals surface area (Å²) in [5.41, 5.74) is 1.31. The Labute approximate surface area is 89.7 Å². The summed E-state index contributed by atoms with van der Waals surface area (Å²) < 4.78 is 5.53. The fourth-order valence-electron chi connectivity index (χ4n) is 1.29. The van der Waals surface area contributed by atoms with E-state index in [0.717, 1.165) is 18.6 Å². The van der Waals surface area contributed by atoms with Crippen LogP contribution in [0.25, 0.3) is 0 Å². The van der Waals surface area contributed by atoms with E-state index in [0.29, 0.717) is 5.56 Å². The molecule has 1 atom stereocenters. The molecule has 3 nitrogen and oxygen atoms in total. The number of carbonyl (C=O) groups is 1. The molecule has 0 spiro atoms. The fraction of sp³-hybridized carbons (Fsp3) is 0.417. The van der Waals surface area contributed by atoms with E-state index in [9.17, 15) is 4.79 Å². The van der Waals surface area contributed by atoms with Gasteiger partial charge in [-0.25, -0.2) is 4.79 Å². The zero-order chi connectivity index (χ0) is 11.3. The van der Waals surface area contributed by atoms with E-state index in [2.05, 4.69) is 6.92 Å².